The van der Waals surface area contributed by atoms with Crippen molar-refractivity contribution in [3.05, 3.63) is 29.8 Å². The molecule has 0 saturated carbocycles. The van der Waals surface area contributed by atoms with E-state index in [9.17, 15) is 8.42 Å². The average molecular weight is 297 g/mol. The molecule has 20 heavy (non-hydrogen) atoms. The van der Waals surface area contributed by atoms with Gasteiger partial charge in [0.15, 0.2) is 0 Å². The number of piperidine rings is 1. The van der Waals surface area contributed by atoms with Crippen LogP contribution in [0.2, 0.25) is 0 Å². The Morgan fingerprint density at radius 2 is 2.20 bits per heavy atom. The van der Waals surface area contributed by atoms with Gasteiger partial charge in [-0.15, -0.1) is 0 Å². The van der Waals surface area contributed by atoms with Crippen molar-refractivity contribution in [2.45, 2.75) is 31.1 Å². The van der Waals surface area contributed by atoms with Gasteiger partial charge in [0.25, 0.3) is 0 Å². The molecule has 0 amide bonds. The Balaban J connectivity index is 1.90. The molecular weight excluding hydrogens is 274 g/mol. The molecule has 5 nitrogen and oxygen atoms in total. The summed E-state index contributed by atoms with van der Waals surface area (Å²) in [5.41, 5.74) is 6.97. The summed E-state index contributed by atoms with van der Waals surface area (Å²) in [7, 11) is -1.25. The van der Waals surface area contributed by atoms with E-state index in [-0.39, 0.29) is 5.75 Å². The second-order valence-electron chi connectivity index (χ2n) is 5.48. The van der Waals surface area contributed by atoms with Crippen LogP contribution in [-0.2, 0) is 15.8 Å². The van der Waals surface area contributed by atoms with Gasteiger partial charge in [-0.1, -0.05) is 18.6 Å². The average Bonchev–Trinajstić information content (AvgIpc) is 2.37. The van der Waals surface area contributed by atoms with Crippen molar-refractivity contribution in [1.29, 1.82) is 0 Å². The SMILES string of the molecule is CN1CCCCC1CNS(=O)(=O)Cc1cccc(N)c1. The Labute approximate surface area is 121 Å². The summed E-state index contributed by atoms with van der Waals surface area (Å²) in [6.07, 6.45) is 3.42. The van der Waals surface area contributed by atoms with Gasteiger partial charge >= 0.3 is 0 Å². The number of benzene rings is 1. The molecule has 1 aliphatic rings. The maximum Gasteiger partial charge on any atom is 0.215 e. The molecule has 1 aromatic rings. The van der Waals surface area contributed by atoms with Crippen LogP contribution in [0.5, 0.6) is 0 Å². The topological polar surface area (TPSA) is 75.4 Å². The number of nitrogen functional groups attached to an aromatic ring is 1. The van der Waals surface area contributed by atoms with Crippen LogP contribution in [0.25, 0.3) is 0 Å². The van der Waals surface area contributed by atoms with Crippen LogP contribution < -0.4 is 10.5 Å². The molecule has 1 aliphatic heterocycles. The molecule has 0 spiro atoms. The van der Waals surface area contributed by atoms with E-state index in [0.717, 1.165) is 18.5 Å². The summed E-state index contributed by atoms with van der Waals surface area (Å²) in [4.78, 5) is 2.23. The van der Waals surface area contributed by atoms with Gasteiger partial charge in [0, 0.05) is 18.3 Å². The van der Waals surface area contributed by atoms with Crippen molar-refractivity contribution < 1.29 is 8.42 Å². The van der Waals surface area contributed by atoms with Crippen molar-refractivity contribution in [3.8, 4) is 0 Å². The molecular formula is C14H23N3O2S. The number of likely N-dealkylation sites (tertiary alicyclic amines) is 1. The zero-order chi connectivity index (χ0) is 14.6. The molecule has 0 aromatic heterocycles. The quantitative estimate of drug-likeness (QED) is 0.800. The third-order valence-electron chi connectivity index (χ3n) is 3.77. The van der Waals surface area contributed by atoms with Crippen molar-refractivity contribution in [3.63, 3.8) is 0 Å². The fraction of sp³-hybridized carbons (Fsp3) is 0.571. The number of hydrogen-bond donors (Lipinski definition) is 2. The molecule has 3 N–H and O–H groups in total. The lowest BCUT2D eigenvalue weighted by molar-refractivity contribution is 0.187. The van der Waals surface area contributed by atoms with E-state index in [4.69, 9.17) is 5.73 Å². The van der Waals surface area contributed by atoms with Gasteiger partial charge in [-0.05, 0) is 44.1 Å². The molecule has 1 saturated heterocycles. The number of nitrogens with one attached hydrogen (secondary N) is 1. The minimum Gasteiger partial charge on any atom is -0.399 e. The maximum atomic E-state index is 12.1. The maximum absolute atomic E-state index is 12.1. The Kier molecular flexibility index (Phi) is 5.01. The van der Waals surface area contributed by atoms with E-state index < -0.39 is 10.0 Å². The van der Waals surface area contributed by atoms with Crippen molar-refractivity contribution in [1.82, 2.24) is 9.62 Å². The Hall–Kier alpha value is -1.11. The van der Waals surface area contributed by atoms with Crippen LogP contribution in [0.1, 0.15) is 24.8 Å². The number of hydrogen-bond acceptors (Lipinski definition) is 4. The Bertz CT molecular complexity index is 545. The normalized spacial score (nSPS) is 20.9. The highest BCUT2D eigenvalue weighted by molar-refractivity contribution is 7.88. The van der Waals surface area contributed by atoms with Crippen LogP contribution in [0, 0.1) is 0 Å². The first-order chi connectivity index (χ1) is 9.46. The number of likely N-dealkylation sites (N-methyl/N-ethyl adjacent to an activating group) is 1. The van der Waals surface area contributed by atoms with Gasteiger partial charge in [-0.2, -0.15) is 0 Å². The van der Waals surface area contributed by atoms with E-state index in [1.807, 2.05) is 0 Å². The highest BCUT2D eigenvalue weighted by Crippen LogP contribution is 2.15. The standard InChI is InChI=1S/C14H23N3O2S/c1-17-8-3-2-7-14(17)10-16-20(18,19)11-12-5-4-6-13(15)9-12/h4-6,9,14,16H,2-3,7-8,10-11,15H2,1H3. The second-order valence-corrected chi connectivity index (χ2v) is 7.29. The predicted octanol–water partition coefficient (Wildman–Crippen LogP) is 1.17. The van der Waals surface area contributed by atoms with Gasteiger partial charge in [0.05, 0.1) is 5.75 Å². The summed E-state index contributed by atoms with van der Waals surface area (Å²) >= 11 is 0. The lowest BCUT2D eigenvalue weighted by Gasteiger charge is -2.32. The summed E-state index contributed by atoms with van der Waals surface area (Å²) in [6, 6.07) is 7.31. The van der Waals surface area contributed by atoms with E-state index in [0.29, 0.717) is 18.3 Å². The van der Waals surface area contributed by atoms with Gasteiger partial charge in [-0.3, -0.25) is 0 Å². The van der Waals surface area contributed by atoms with Crippen LogP contribution in [0.15, 0.2) is 24.3 Å². The molecule has 1 unspecified atom stereocenters. The van der Waals surface area contributed by atoms with Gasteiger partial charge in [-0.25, -0.2) is 13.1 Å². The first kappa shape index (κ1) is 15.3. The van der Waals surface area contributed by atoms with Crippen molar-refractivity contribution in [2.75, 3.05) is 25.9 Å². The molecule has 0 aliphatic carbocycles. The van der Waals surface area contributed by atoms with Crippen molar-refractivity contribution >= 4 is 15.7 Å². The zero-order valence-electron chi connectivity index (χ0n) is 11.9. The molecule has 112 valence electrons. The fourth-order valence-corrected chi connectivity index (χ4v) is 3.75. The fourth-order valence-electron chi connectivity index (χ4n) is 2.58. The predicted molar refractivity (Wildman–Crippen MR) is 81.7 cm³/mol. The van der Waals surface area contributed by atoms with Gasteiger partial charge < -0.3 is 10.6 Å². The molecule has 1 atom stereocenters. The lowest BCUT2D eigenvalue weighted by Crippen LogP contribution is -2.44. The highest BCUT2D eigenvalue weighted by atomic mass is 32.2. The molecule has 1 fully saturated rings. The molecule has 0 bridgehead atoms. The smallest absolute Gasteiger partial charge is 0.215 e. The monoisotopic (exact) mass is 297 g/mol. The molecule has 2 rings (SSSR count). The summed E-state index contributed by atoms with van der Waals surface area (Å²) in [6.45, 7) is 1.53. The third-order valence-corrected chi connectivity index (χ3v) is 5.09. The van der Waals surface area contributed by atoms with Crippen LogP contribution >= 0.6 is 0 Å². The first-order valence-electron chi connectivity index (χ1n) is 6.98. The minimum absolute atomic E-state index is 0.0194. The minimum atomic E-state index is -3.31. The number of nitrogens with zero attached hydrogens (tertiary/aromatic N) is 1. The number of sulfonamides is 1. The van der Waals surface area contributed by atoms with E-state index >= 15 is 0 Å². The summed E-state index contributed by atoms with van der Waals surface area (Å²) in [5.74, 6) is -0.0194. The number of anilines is 1. The first-order valence-corrected chi connectivity index (χ1v) is 8.63. The zero-order valence-corrected chi connectivity index (χ0v) is 12.7. The highest BCUT2D eigenvalue weighted by Gasteiger charge is 2.21. The molecule has 1 heterocycles. The van der Waals surface area contributed by atoms with E-state index in [1.54, 1.807) is 24.3 Å². The Morgan fingerprint density at radius 3 is 2.90 bits per heavy atom. The number of rotatable bonds is 5. The lowest BCUT2D eigenvalue weighted by atomic mass is 10.0. The van der Waals surface area contributed by atoms with E-state index in [1.165, 1.54) is 12.8 Å². The molecule has 1 aromatic carbocycles. The number of nitrogens with two attached hydrogens (primary N) is 1. The summed E-state index contributed by atoms with van der Waals surface area (Å²) < 4.78 is 26.9. The molecule has 6 heteroatoms. The van der Waals surface area contributed by atoms with Gasteiger partial charge in [0.1, 0.15) is 0 Å². The van der Waals surface area contributed by atoms with Crippen LogP contribution in [-0.4, -0.2) is 39.5 Å². The molecule has 0 radical (unpaired) electrons. The van der Waals surface area contributed by atoms with Crippen LogP contribution in [0.3, 0.4) is 0 Å². The Morgan fingerprint density at radius 1 is 1.40 bits per heavy atom. The largest absolute Gasteiger partial charge is 0.399 e. The van der Waals surface area contributed by atoms with Gasteiger partial charge in [0.2, 0.25) is 10.0 Å². The third kappa shape index (κ3) is 4.47. The van der Waals surface area contributed by atoms with Crippen LogP contribution in [0.4, 0.5) is 5.69 Å². The summed E-state index contributed by atoms with van der Waals surface area (Å²) in [5, 5.41) is 0. The second kappa shape index (κ2) is 6.56. The van der Waals surface area contributed by atoms with E-state index in [2.05, 4.69) is 16.7 Å². The van der Waals surface area contributed by atoms with Crippen molar-refractivity contribution in [2.24, 2.45) is 0 Å².